The quantitative estimate of drug-likeness (QED) is 0.764. The van der Waals surface area contributed by atoms with Crippen molar-refractivity contribution in [3.63, 3.8) is 0 Å². The number of ether oxygens (including phenoxy) is 4. The summed E-state index contributed by atoms with van der Waals surface area (Å²) in [6, 6.07) is 10.3. The van der Waals surface area contributed by atoms with Crippen LogP contribution in [0.5, 0.6) is 17.2 Å². The lowest BCUT2D eigenvalue weighted by Gasteiger charge is -2.23. The van der Waals surface area contributed by atoms with Crippen LogP contribution in [0.2, 0.25) is 0 Å². The molecule has 140 valence electrons. The Bertz CT molecular complexity index is 771. The van der Waals surface area contributed by atoms with Gasteiger partial charge in [-0.15, -0.1) is 0 Å². The van der Waals surface area contributed by atoms with Gasteiger partial charge in [0.05, 0.1) is 40.1 Å². The van der Waals surface area contributed by atoms with Crippen molar-refractivity contribution in [2.75, 3.05) is 28.4 Å². The molecule has 0 spiro atoms. The van der Waals surface area contributed by atoms with Gasteiger partial charge in [-0.2, -0.15) is 0 Å². The summed E-state index contributed by atoms with van der Waals surface area (Å²) in [6.45, 7) is 1.89. The molecule has 0 aliphatic heterocycles. The van der Waals surface area contributed by atoms with Gasteiger partial charge in [0.1, 0.15) is 5.75 Å². The number of hydrogen-bond acceptors (Lipinski definition) is 6. The Morgan fingerprint density at radius 2 is 1.54 bits per heavy atom. The summed E-state index contributed by atoms with van der Waals surface area (Å²) in [6.07, 6.45) is -0.798. The van der Waals surface area contributed by atoms with Crippen LogP contribution in [0, 0.1) is 0 Å². The van der Waals surface area contributed by atoms with Gasteiger partial charge in [0.25, 0.3) is 0 Å². The van der Waals surface area contributed by atoms with E-state index in [9.17, 15) is 9.90 Å². The molecule has 2 aromatic carbocycles. The number of carbonyl (C=O) groups is 1. The van der Waals surface area contributed by atoms with Crippen LogP contribution in [-0.4, -0.2) is 39.5 Å². The van der Waals surface area contributed by atoms with Crippen LogP contribution in [0.25, 0.3) is 0 Å². The highest BCUT2D eigenvalue weighted by Crippen LogP contribution is 2.38. The van der Waals surface area contributed by atoms with E-state index in [1.54, 1.807) is 50.6 Å². The molecule has 26 heavy (non-hydrogen) atoms. The third-order valence-electron chi connectivity index (χ3n) is 4.37. The van der Waals surface area contributed by atoms with E-state index in [1.165, 1.54) is 14.2 Å². The van der Waals surface area contributed by atoms with Crippen LogP contribution in [0.1, 0.15) is 40.4 Å². The zero-order chi connectivity index (χ0) is 19.3. The van der Waals surface area contributed by atoms with Gasteiger partial charge in [-0.1, -0.05) is 19.1 Å². The lowest BCUT2D eigenvalue weighted by Crippen LogP contribution is -2.10. The van der Waals surface area contributed by atoms with Gasteiger partial charge in [-0.3, -0.25) is 0 Å². The van der Waals surface area contributed by atoms with Crippen molar-refractivity contribution in [1.82, 2.24) is 0 Å². The summed E-state index contributed by atoms with van der Waals surface area (Å²) in [4.78, 5) is 11.7. The summed E-state index contributed by atoms with van der Waals surface area (Å²) in [5.41, 5.74) is 1.86. The van der Waals surface area contributed by atoms with Gasteiger partial charge >= 0.3 is 5.97 Å². The predicted molar refractivity (Wildman–Crippen MR) is 97.3 cm³/mol. The van der Waals surface area contributed by atoms with Crippen molar-refractivity contribution in [2.45, 2.75) is 18.9 Å². The van der Waals surface area contributed by atoms with Crippen LogP contribution < -0.4 is 14.2 Å². The van der Waals surface area contributed by atoms with Crippen molar-refractivity contribution in [2.24, 2.45) is 0 Å². The van der Waals surface area contributed by atoms with Gasteiger partial charge in [-0.25, -0.2) is 4.79 Å². The molecule has 0 heterocycles. The van der Waals surface area contributed by atoms with E-state index in [4.69, 9.17) is 18.9 Å². The zero-order valence-corrected chi connectivity index (χ0v) is 15.6. The molecule has 0 radical (unpaired) electrons. The highest BCUT2D eigenvalue weighted by Gasteiger charge is 2.23. The SMILES string of the molecule is COC(=O)c1ccc([C@@H](C)[C@H](O)c2ccc(OC)c(OC)c2)c(OC)c1. The van der Waals surface area contributed by atoms with Crippen LogP contribution in [0.4, 0.5) is 0 Å². The minimum atomic E-state index is -0.798. The molecule has 0 unspecified atom stereocenters. The number of benzene rings is 2. The van der Waals surface area contributed by atoms with Gasteiger partial charge in [0, 0.05) is 5.92 Å². The first-order valence-electron chi connectivity index (χ1n) is 8.13. The standard InChI is InChI=1S/C20H24O6/c1-12(15-8-6-14(20(22)26-5)11-17(15)24-3)19(21)13-7-9-16(23-2)18(10-13)25-4/h6-12,19,21H,1-5H3/t12-,19+/m1/s1. The smallest absolute Gasteiger partial charge is 0.337 e. The van der Waals surface area contributed by atoms with Crippen LogP contribution in [0.15, 0.2) is 36.4 Å². The van der Waals surface area contributed by atoms with Crippen LogP contribution in [0.3, 0.4) is 0 Å². The number of carbonyl (C=O) groups excluding carboxylic acids is 1. The van der Waals surface area contributed by atoms with E-state index in [-0.39, 0.29) is 5.92 Å². The van der Waals surface area contributed by atoms with E-state index in [2.05, 4.69) is 0 Å². The highest BCUT2D eigenvalue weighted by molar-refractivity contribution is 5.90. The largest absolute Gasteiger partial charge is 0.496 e. The number of esters is 1. The summed E-state index contributed by atoms with van der Waals surface area (Å²) < 4.78 is 20.7. The van der Waals surface area contributed by atoms with E-state index >= 15 is 0 Å². The summed E-state index contributed by atoms with van der Waals surface area (Å²) in [5.74, 6) is 0.929. The lowest BCUT2D eigenvalue weighted by molar-refractivity contribution is 0.0600. The fourth-order valence-electron chi connectivity index (χ4n) is 2.83. The Kier molecular flexibility index (Phi) is 6.46. The first kappa shape index (κ1) is 19.6. The topological polar surface area (TPSA) is 74.2 Å². The maximum absolute atomic E-state index is 11.7. The monoisotopic (exact) mass is 360 g/mol. The van der Waals surface area contributed by atoms with Crippen molar-refractivity contribution in [3.8, 4) is 17.2 Å². The van der Waals surface area contributed by atoms with Gasteiger partial charge in [0.15, 0.2) is 11.5 Å². The maximum atomic E-state index is 11.7. The Labute approximate surface area is 153 Å². The molecule has 2 rings (SSSR count). The fraction of sp³-hybridized carbons (Fsp3) is 0.350. The number of hydrogen-bond donors (Lipinski definition) is 1. The molecule has 6 nitrogen and oxygen atoms in total. The fourth-order valence-corrected chi connectivity index (χ4v) is 2.83. The molecule has 6 heteroatoms. The average molecular weight is 360 g/mol. The van der Waals surface area contributed by atoms with Crippen molar-refractivity contribution >= 4 is 5.97 Å². The van der Waals surface area contributed by atoms with E-state index < -0.39 is 12.1 Å². The number of aliphatic hydroxyl groups is 1. The Hall–Kier alpha value is -2.73. The molecular weight excluding hydrogens is 336 g/mol. The molecule has 0 saturated heterocycles. The molecular formula is C20H24O6. The zero-order valence-electron chi connectivity index (χ0n) is 15.6. The van der Waals surface area contributed by atoms with Gasteiger partial charge in [0.2, 0.25) is 0 Å². The maximum Gasteiger partial charge on any atom is 0.337 e. The lowest BCUT2D eigenvalue weighted by atomic mass is 9.89. The average Bonchev–Trinajstić information content (AvgIpc) is 2.70. The summed E-state index contributed by atoms with van der Waals surface area (Å²) >= 11 is 0. The number of rotatable bonds is 7. The Balaban J connectivity index is 2.35. The molecule has 2 atom stereocenters. The minimum Gasteiger partial charge on any atom is -0.496 e. The molecule has 0 fully saturated rings. The Morgan fingerprint density at radius 3 is 2.12 bits per heavy atom. The second-order valence-electron chi connectivity index (χ2n) is 5.80. The molecule has 0 bridgehead atoms. The third kappa shape index (κ3) is 3.91. The van der Waals surface area contributed by atoms with E-state index in [0.29, 0.717) is 28.4 Å². The first-order chi connectivity index (χ1) is 12.5. The molecule has 0 amide bonds. The van der Waals surface area contributed by atoms with E-state index in [0.717, 1.165) is 5.56 Å². The van der Waals surface area contributed by atoms with Crippen LogP contribution >= 0.6 is 0 Å². The number of aliphatic hydroxyl groups excluding tert-OH is 1. The van der Waals surface area contributed by atoms with Crippen molar-refractivity contribution < 1.29 is 28.8 Å². The molecule has 0 saturated carbocycles. The van der Waals surface area contributed by atoms with E-state index in [1.807, 2.05) is 6.92 Å². The second-order valence-corrected chi connectivity index (χ2v) is 5.80. The Morgan fingerprint density at radius 1 is 0.885 bits per heavy atom. The normalized spacial score (nSPS) is 12.8. The van der Waals surface area contributed by atoms with Gasteiger partial charge in [-0.05, 0) is 35.4 Å². The third-order valence-corrected chi connectivity index (χ3v) is 4.37. The van der Waals surface area contributed by atoms with Crippen molar-refractivity contribution in [3.05, 3.63) is 53.1 Å². The second kappa shape index (κ2) is 8.58. The molecule has 1 N–H and O–H groups in total. The highest BCUT2D eigenvalue weighted by atomic mass is 16.5. The molecule has 2 aromatic rings. The molecule has 0 aliphatic carbocycles. The summed E-state index contributed by atoms with van der Waals surface area (Å²) in [5, 5.41) is 10.8. The van der Waals surface area contributed by atoms with Crippen LogP contribution in [-0.2, 0) is 4.74 Å². The minimum absolute atomic E-state index is 0.283. The molecule has 0 aliphatic rings. The predicted octanol–water partition coefficient (Wildman–Crippen LogP) is 3.34. The van der Waals surface area contributed by atoms with Gasteiger partial charge < -0.3 is 24.1 Å². The summed E-state index contributed by atoms with van der Waals surface area (Å²) in [7, 11) is 5.96. The van der Waals surface area contributed by atoms with Crippen molar-refractivity contribution in [1.29, 1.82) is 0 Å². The molecule has 0 aromatic heterocycles. The first-order valence-corrected chi connectivity index (χ1v) is 8.13. The number of methoxy groups -OCH3 is 4.